The molecule has 1 aromatic heterocycles. The zero-order valence-electron chi connectivity index (χ0n) is 8.00. The number of hydrogen-bond donors (Lipinski definition) is 1. The summed E-state index contributed by atoms with van der Waals surface area (Å²) >= 11 is 5.12. The van der Waals surface area contributed by atoms with Gasteiger partial charge in [0, 0.05) is 19.5 Å². The number of nitrogens with zero attached hydrogens (tertiary/aromatic N) is 1. The Kier molecular flexibility index (Phi) is 2.21. The number of rotatable bonds is 1. The van der Waals surface area contributed by atoms with Gasteiger partial charge in [-0.25, -0.2) is 4.98 Å². The van der Waals surface area contributed by atoms with Crippen molar-refractivity contribution in [2.24, 2.45) is 0 Å². The molecule has 2 aromatic rings. The topological polar surface area (TPSA) is 38.1 Å². The molecule has 1 aromatic carbocycles. The van der Waals surface area contributed by atoms with Crippen LogP contribution in [-0.2, 0) is 0 Å². The molecule has 14 heavy (non-hydrogen) atoms. The minimum Gasteiger partial charge on any atom is -0.441 e. The van der Waals surface area contributed by atoms with E-state index in [-0.39, 0.29) is 0 Å². The fourth-order valence-electron chi connectivity index (χ4n) is 1.33. The Balaban J connectivity index is 2.55. The first-order valence-electron chi connectivity index (χ1n) is 4.30. The van der Waals surface area contributed by atoms with Gasteiger partial charge >= 0.3 is 0 Å². The standard InChI is InChI=1S/C10H10N2OS/c1-6-12-8-4-3-7(10(14)11-2)5-9(8)13-6/h3-5H,1-2H3,(H,11,14). The van der Waals surface area contributed by atoms with Gasteiger partial charge in [0.05, 0.1) is 0 Å². The van der Waals surface area contributed by atoms with Crippen LogP contribution >= 0.6 is 12.2 Å². The predicted molar refractivity (Wildman–Crippen MR) is 59.5 cm³/mol. The lowest BCUT2D eigenvalue weighted by Crippen LogP contribution is -2.16. The number of benzene rings is 1. The maximum Gasteiger partial charge on any atom is 0.192 e. The molecule has 0 radical (unpaired) electrons. The van der Waals surface area contributed by atoms with Gasteiger partial charge < -0.3 is 9.73 Å². The molecular formula is C10H10N2OS. The molecule has 0 fully saturated rings. The molecule has 0 aliphatic rings. The third-order valence-electron chi connectivity index (χ3n) is 1.98. The monoisotopic (exact) mass is 206 g/mol. The Hall–Kier alpha value is -1.42. The number of oxazole rings is 1. The van der Waals surface area contributed by atoms with Crippen LogP contribution in [0.2, 0.25) is 0 Å². The molecule has 1 N–H and O–H groups in total. The van der Waals surface area contributed by atoms with Crippen molar-refractivity contribution in [2.45, 2.75) is 6.92 Å². The second-order valence-electron chi connectivity index (χ2n) is 2.99. The number of nitrogens with one attached hydrogen (secondary N) is 1. The highest BCUT2D eigenvalue weighted by atomic mass is 32.1. The quantitative estimate of drug-likeness (QED) is 0.724. The van der Waals surface area contributed by atoms with Gasteiger partial charge in [-0.15, -0.1) is 0 Å². The van der Waals surface area contributed by atoms with Crippen molar-refractivity contribution in [1.82, 2.24) is 10.3 Å². The smallest absolute Gasteiger partial charge is 0.192 e. The first kappa shape index (κ1) is 9.15. The average Bonchev–Trinajstić information content (AvgIpc) is 2.55. The van der Waals surface area contributed by atoms with E-state index < -0.39 is 0 Å². The van der Waals surface area contributed by atoms with Crippen LogP contribution in [0.3, 0.4) is 0 Å². The van der Waals surface area contributed by atoms with Gasteiger partial charge in [-0.05, 0) is 18.2 Å². The van der Waals surface area contributed by atoms with Gasteiger partial charge in [-0.2, -0.15) is 0 Å². The molecular weight excluding hydrogens is 196 g/mol. The molecule has 0 amide bonds. The van der Waals surface area contributed by atoms with Crippen LogP contribution in [0, 0.1) is 6.92 Å². The van der Waals surface area contributed by atoms with Crippen LogP contribution in [0.4, 0.5) is 0 Å². The number of hydrogen-bond acceptors (Lipinski definition) is 3. The van der Waals surface area contributed by atoms with Crippen molar-refractivity contribution >= 4 is 28.3 Å². The number of fused-ring (bicyclic) bond motifs is 1. The fraction of sp³-hybridized carbons (Fsp3) is 0.200. The summed E-state index contributed by atoms with van der Waals surface area (Å²) in [5.41, 5.74) is 2.59. The highest BCUT2D eigenvalue weighted by Crippen LogP contribution is 2.16. The molecule has 2 rings (SSSR count). The van der Waals surface area contributed by atoms with Gasteiger partial charge in [-0.3, -0.25) is 0 Å². The van der Waals surface area contributed by atoms with E-state index in [1.165, 1.54) is 0 Å². The number of aromatic nitrogens is 1. The summed E-state index contributed by atoms with van der Waals surface area (Å²) in [4.78, 5) is 4.92. The lowest BCUT2D eigenvalue weighted by molar-refractivity contribution is 0.561. The van der Waals surface area contributed by atoms with Gasteiger partial charge in [0.2, 0.25) is 0 Å². The molecule has 0 saturated carbocycles. The zero-order valence-corrected chi connectivity index (χ0v) is 8.81. The summed E-state index contributed by atoms with van der Waals surface area (Å²) in [6.45, 7) is 1.83. The summed E-state index contributed by atoms with van der Waals surface area (Å²) < 4.78 is 5.40. The first-order chi connectivity index (χ1) is 6.70. The Bertz CT molecular complexity index is 490. The Morgan fingerprint density at radius 3 is 3.00 bits per heavy atom. The molecule has 3 nitrogen and oxygen atoms in total. The molecule has 1 heterocycles. The van der Waals surface area contributed by atoms with Crippen molar-refractivity contribution in [3.63, 3.8) is 0 Å². The lowest BCUT2D eigenvalue weighted by Gasteiger charge is -2.00. The molecule has 0 saturated heterocycles. The zero-order chi connectivity index (χ0) is 10.1. The summed E-state index contributed by atoms with van der Waals surface area (Å²) in [6, 6.07) is 5.74. The minimum absolute atomic E-state index is 0.674. The SMILES string of the molecule is CNC(=S)c1ccc2nc(C)oc2c1. The third kappa shape index (κ3) is 1.48. The molecule has 0 atom stereocenters. The Morgan fingerprint density at radius 2 is 2.29 bits per heavy atom. The largest absolute Gasteiger partial charge is 0.441 e. The van der Waals surface area contributed by atoms with Crippen LogP contribution in [-0.4, -0.2) is 17.0 Å². The van der Waals surface area contributed by atoms with E-state index in [4.69, 9.17) is 16.6 Å². The van der Waals surface area contributed by atoms with Gasteiger partial charge in [-0.1, -0.05) is 12.2 Å². The van der Waals surface area contributed by atoms with E-state index in [0.29, 0.717) is 10.9 Å². The van der Waals surface area contributed by atoms with E-state index in [0.717, 1.165) is 16.7 Å². The van der Waals surface area contributed by atoms with Crippen molar-refractivity contribution in [3.8, 4) is 0 Å². The number of thiocarbonyl (C=S) groups is 1. The van der Waals surface area contributed by atoms with Gasteiger partial charge in [0.1, 0.15) is 10.5 Å². The van der Waals surface area contributed by atoms with Crippen molar-refractivity contribution in [2.75, 3.05) is 7.05 Å². The highest BCUT2D eigenvalue weighted by Gasteiger charge is 2.04. The van der Waals surface area contributed by atoms with Crippen LogP contribution in [0.1, 0.15) is 11.5 Å². The third-order valence-corrected chi connectivity index (χ3v) is 2.42. The maximum atomic E-state index is 5.40. The molecule has 72 valence electrons. The molecule has 0 aliphatic carbocycles. The van der Waals surface area contributed by atoms with Gasteiger partial charge in [0.15, 0.2) is 11.5 Å². The minimum atomic E-state index is 0.674. The average molecular weight is 206 g/mol. The molecule has 4 heteroatoms. The summed E-state index contributed by atoms with van der Waals surface area (Å²) in [6.07, 6.45) is 0. The van der Waals surface area contributed by atoms with E-state index >= 15 is 0 Å². The normalized spacial score (nSPS) is 10.4. The summed E-state index contributed by atoms with van der Waals surface area (Å²) in [5.74, 6) is 0.674. The van der Waals surface area contributed by atoms with Crippen LogP contribution in [0.5, 0.6) is 0 Å². The van der Waals surface area contributed by atoms with Gasteiger partial charge in [0.25, 0.3) is 0 Å². The Morgan fingerprint density at radius 1 is 1.50 bits per heavy atom. The van der Waals surface area contributed by atoms with E-state index in [1.807, 2.05) is 25.1 Å². The maximum absolute atomic E-state index is 5.40. The van der Waals surface area contributed by atoms with E-state index in [9.17, 15) is 0 Å². The predicted octanol–water partition coefficient (Wildman–Crippen LogP) is 2.03. The van der Waals surface area contributed by atoms with E-state index in [2.05, 4.69) is 10.3 Å². The second-order valence-corrected chi connectivity index (χ2v) is 3.40. The molecule has 0 bridgehead atoms. The van der Waals surface area contributed by atoms with Crippen molar-refractivity contribution in [1.29, 1.82) is 0 Å². The van der Waals surface area contributed by atoms with Crippen molar-refractivity contribution < 1.29 is 4.42 Å². The molecule has 0 unspecified atom stereocenters. The second kappa shape index (κ2) is 3.38. The fourth-order valence-corrected chi connectivity index (χ4v) is 1.45. The number of aryl methyl sites for hydroxylation is 1. The van der Waals surface area contributed by atoms with Crippen LogP contribution in [0.25, 0.3) is 11.1 Å². The Labute approximate surface area is 87.1 Å². The lowest BCUT2D eigenvalue weighted by atomic mass is 10.2. The molecule has 0 spiro atoms. The van der Waals surface area contributed by atoms with Crippen LogP contribution in [0.15, 0.2) is 22.6 Å². The van der Waals surface area contributed by atoms with Crippen molar-refractivity contribution in [3.05, 3.63) is 29.7 Å². The molecule has 0 aliphatic heterocycles. The van der Waals surface area contributed by atoms with Crippen LogP contribution < -0.4 is 5.32 Å². The first-order valence-corrected chi connectivity index (χ1v) is 4.71. The highest BCUT2D eigenvalue weighted by molar-refractivity contribution is 7.80. The summed E-state index contributed by atoms with van der Waals surface area (Å²) in [7, 11) is 1.80. The van der Waals surface area contributed by atoms with E-state index in [1.54, 1.807) is 7.05 Å². The summed E-state index contributed by atoms with van der Waals surface area (Å²) in [5, 5.41) is 2.92.